The fourth-order valence-electron chi connectivity index (χ4n) is 2.10. The van der Waals surface area contributed by atoms with Crippen molar-refractivity contribution < 1.29 is 14.1 Å². The molecule has 0 aliphatic heterocycles. The monoisotopic (exact) mass is 290 g/mol. The number of carboxylic acid groups (broad SMARTS) is 1. The van der Waals surface area contributed by atoms with E-state index in [0.717, 1.165) is 30.8 Å². The van der Waals surface area contributed by atoms with Crippen LogP contribution in [0.1, 0.15) is 77.6 Å². The van der Waals surface area contributed by atoms with Crippen LogP contribution in [0.25, 0.3) is 0 Å². The molecule has 0 aliphatic carbocycles. The summed E-state index contributed by atoms with van der Waals surface area (Å²) in [6.07, 6.45) is 12.0. The Labute approximate surface area is 120 Å². The summed E-state index contributed by atoms with van der Waals surface area (Å²) in [6, 6.07) is 0. The van der Waals surface area contributed by atoms with Gasteiger partial charge in [0.2, 0.25) is 0 Å². The van der Waals surface area contributed by atoms with Gasteiger partial charge >= 0.3 is 5.97 Å². The van der Waals surface area contributed by atoms with E-state index < -0.39 is 16.8 Å². The minimum atomic E-state index is -0.677. The second kappa shape index (κ2) is 14.0. The summed E-state index contributed by atoms with van der Waals surface area (Å²) in [4.78, 5) is 10.3. The van der Waals surface area contributed by atoms with Crippen LogP contribution in [0.3, 0.4) is 0 Å². The highest BCUT2D eigenvalue weighted by molar-refractivity contribution is 7.84. The molecule has 1 N–H and O–H groups in total. The summed E-state index contributed by atoms with van der Waals surface area (Å²) in [5.74, 6) is 0.992. The van der Waals surface area contributed by atoms with E-state index in [1.807, 2.05) is 6.92 Å². The Bertz CT molecular complexity index is 242. The minimum Gasteiger partial charge on any atom is -0.481 e. The Kier molecular flexibility index (Phi) is 13.8. The van der Waals surface area contributed by atoms with Crippen LogP contribution in [0.2, 0.25) is 0 Å². The number of carboxylic acids is 1. The van der Waals surface area contributed by atoms with Crippen LogP contribution in [0, 0.1) is 0 Å². The molecule has 0 aromatic rings. The third kappa shape index (κ3) is 15.6. The van der Waals surface area contributed by atoms with Gasteiger partial charge in [0.1, 0.15) is 0 Å². The molecular weight excluding hydrogens is 260 g/mol. The van der Waals surface area contributed by atoms with E-state index in [0.29, 0.717) is 6.42 Å². The molecule has 0 rings (SSSR count). The fourth-order valence-corrected chi connectivity index (χ4v) is 2.91. The summed E-state index contributed by atoms with van der Waals surface area (Å²) >= 11 is 0. The summed E-state index contributed by atoms with van der Waals surface area (Å²) < 4.78 is 11.2. The molecule has 19 heavy (non-hydrogen) atoms. The van der Waals surface area contributed by atoms with E-state index in [1.54, 1.807) is 0 Å². The van der Waals surface area contributed by atoms with Gasteiger partial charge in [0.25, 0.3) is 0 Å². The van der Waals surface area contributed by atoms with Crippen LogP contribution in [0.4, 0.5) is 0 Å². The largest absolute Gasteiger partial charge is 0.481 e. The zero-order chi connectivity index (χ0) is 14.3. The van der Waals surface area contributed by atoms with Crippen LogP contribution in [-0.4, -0.2) is 26.8 Å². The summed E-state index contributed by atoms with van der Waals surface area (Å²) in [7, 11) is -0.586. The second-order valence-corrected chi connectivity index (χ2v) is 6.98. The molecule has 0 saturated carbocycles. The Hall–Kier alpha value is -0.380. The molecule has 0 saturated heterocycles. The molecule has 0 heterocycles. The molecule has 0 aliphatic rings. The van der Waals surface area contributed by atoms with Gasteiger partial charge in [-0.3, -0.25) is 9.00 Å². The number of rotatable bonds is 14. The zero-order valence-electron chi connectivity index (χ0n) is 12.4. The average Bonchev–Trinajstić information content (AvgIpc) is 2.39. The van der Waals surface area contributed by atoms with Crippen molar-refractivity contribution >= 4 is 16.8 Å². The van der Waals surface area contributed by atoms with E-state index in [2.05, 4.69) is 0 Å². The first kappa shape index (κ1) is 18.6. The SMILES string of the molecule is CCS(=O)CCCCCCCCCCCCC(=O)O. The number of unbranched alkanes of at least 4 members (excludes halogenated alkanes) is 9. The van der Waals surface area contributed by atoms with Crippen molar-refractivity contribution in [2.24, 2.45) is 0 Å². The molecule has 0 aromatic heterocycles. The smallest absolute Gasteiger partial charge is 0.303 e. The zero-order valence-corrected chi connectivity index (χ0v) is 13.2. The minimum absolute atomic E-state index is 0.319. The topological polar surface area (TPSA) is 54.4 Å². The van der Waals surface area contributed by atoms with E-state index >= 15 is 0 Å². The molecule has 0 amide bonds. The van der Waals surface area contributed by atoms with Crippen LogP contribution in [0.15, 0.2) is 0 Å². The first-order chi connectivity index (χ1) is 9.16. The van der Waals surface area contributed by atoms with E-state index in [9.17, 15) is 9.00 Å². The molecule has 0 radical (unpaired) electrons. The Morgan fingerprint density at radius 3 is 1.68 bits per heavy atom. The van der Waals surface area contributed by atoms with E-state index in [1.165, 1.54) is 44.9 Å². The van der Waals surface area contributed by atoms with Crippen molar-refractivity contribution in [1.29, 1.82) is 0 Å². The Balaban J connectivity index is 3.03. The van der Waals surface area contributed by atoms with Crippen LogP contribution in [-0.2, 0) is 15.6 Å². The quantitative estimate of drug-likeness (QED) is 0.489. The molecule has 0 bridgehead atoms. The van der Waals surface area contributed by atoms with Crippen molar-refractivity contribution in [2.45, 2.75) is 77.6 Å². The third-order valence-corrected chi connectivity index (χ3v) is 4.72. The normalized spacial score (nSPS) is 12.5. The lowest BCUT2D eigenvalue weighted by Crippen LogP contribution is -1.99. The highest BCUT2D eigenvalue weighted by Crippen LogP contribution is 2.11. The summed E-state index contributed by atoms with van der Waals surface area (Å²) in [5.41, 5.74) is 0. The van der Waals surface area contributed by atoms with Crippen molar-refractivity contribution in [2.75, 3.05) is 11.5 Å². The van der Waals surface area contributed by atoms with Gasteiger partial charge in [0, 0.05) is 28.7 Å². The highest BCUT2D eigenvalue weighted by Gasteiger charge is 1.98. The van der Waals surface area contributed by atoms with Gasteiger partial charge in [-0.2, -0.15) is 0 Å². The van der Waals surface area contributed by atoms with Crippen LogP contribution < -0.4 is 0 Å². The predicted octanol–water partition coefficient (Wildman–Crippen LogP) is 4.13. The molecular formula is C15H30O3S. The van der Waals surface area contributed by atoms with Gasteiger partial charge in [-0.15, -0.1) is 0 Å². The maximum atomic E-state index is 11.2. The number of hydrogen-bond donors (Lipinski definition) is 1. The van der Waals surface area contributed by atoms with Crippen molar-refractivity contribution in [3.63, 3.8) is 0 Å². The number of aliphatic carboxylic acids is 1. The number of hydrogen-bond acceptors (Lipinski definition) is 2. The van der Waals surface area contributed by atoms with Gasteiger partial charge in [-0.25, -0.2) is 0 Å². The van der Waals surface area contributed by atoms with Gasteiger partial charge < -0.3 is 5.11 Å². The average molecular weight is 290 g/mol. The molecule has 0 fully saturated rings. The predicted molar refractivity (Wildman–Crippen MR) is 82.0 cm³/mol. The van der Waals surface area contributed by atoms with Gasteiger partial charge in [-0.1, -0.05) is 58.3 Å². The molecule has 4 heteroatoms. The van der Waals surface area contributed by atoms with Crippen LogP contribution >= 0.6 is 0 Å². The van der Waals surface area contributed by atoms with Gasteiger partial charge in [0.15, 0.2) is 0 Å². The highest BCUT2D eigenvalue weighted by atomic mass is 32.2. The second-order valence-electron chi connectivity index (χ2n) is 5.11. The first-order valence-electron chi connectivity index (χ1n) is 7.73. The molecule has 0 aromatic carbocycles. The lowest BCUT2D eigenvalue weighted by Gasteiger charge is -2.02. The molecule has 114 valence electrons. The van der Waals surface area contributed by atoms with Crippen LogP contribution in [0.5, 0.6) is 0 Å². The van der Waals surface area contributed by atoms with Gasteiger partial charge in [-0.05, 0) is 12.8 Å². The van der Waals surface area contributed by atoms with E-state index in [-0.39, 0.29) is 0 Å². The summed E-state index contributed by atoms with van der Waals surface area (Å²) in [6.45, 7) is 1.98. The third-order valence-electron chi connectivity index (χ3n) is 3.33. The fraction of sp³-hybridized carbons (Fsp3) is 0.933. The van der Waals surface area contributed by atoms with Crippen molar-refractivity contribution in [1.82, 2.24) is 0 Å². The Morgan fingerprint density at radius 2 is 1.26 bits per heavy atom. The lowest BCUT2D eigenvalue weighted by molar-refractivity contribution is -0.137. The lowest BCUT2D eigenvalue weighted by atomic mass is 10.1. The maximum Gasteiger partial charge on any atom is 0.303 e. The first-order valence-corrected chi connectivity index (χ1v) is 9.22. The standard InChI is InChI=1S/C15H30O3S/c1-2-19(18)14-12-10-8-6-4-3-5-7-9-11-13-15(16)17/h2-14H2,1H3,(H,16,17). The van der Waals surface area contributed by atoms with Gasteiger partial charge in [0.05, 0.1) is 0 Å². The summed E-state index contributed by atoms with van der Waals surface area (Å²) in [5, 5.41) is 8.49. The molecule has 1 atom stereocenters. The Morgan fingerprint density at radius 1 is 0.842 bits per heavy atom. The van der Waals surface area contributed by atoms with Crippen molar-refractivity contribution in [3.05, 3.63) is 0 Å². The maximum absolute atomic E-state index is 11.2. The van der Waals surface area contributed by atoms with Crippen molar-refractivity contribution in [3.8, 4) is 0 Å². The van der Waals surface area contributed by atoms with E-state index in [4.69, 9.17) is 5.11 Å². The molecule has 0 spiro atoms. The number of carbonyl (C=O) groups is 1. The molecule has 1 unspecified atom stereocenters. The molecule has 3 nitrogen and oxygen atoms in total.